The molecule has 1 heterocycles. The summed E-state index contributed by atoms with van der Waals surface area (Å²) in [4.78, 5) is 37.7. The van der Waals surface area contributed by atoms with Gasteiger partial charge in [0, 0.05) is 28.4 Å². The molecule has 0 fully saturated rings. The summed E-state index contributed by atoms with van der Waals surface area (Å²) < 4.78 is 6.61. The Labute approximate surface area is 214 Å². The number of carbonyl (C=O) groups excluding carboxylic acids is 3. The first-order chi connectivity index (χ1) is 17.0. The van der Waals surface area contributed by atoms with E-state index in [4.69, 9.17) is 10.5 Å². The van der Waals surface area contributed by atoms with E-state index in [9.17, 15) is 14.4 Å². The summed E-state index contributed by atoms with van der Waals surface area (Å²) in [7, 11) is 0. The Morgan fingerprint density at radius 3 is 2.33 bits per heavy atom. The number of para-hydroxylation sites is 1. The number of hydrogen-bond acceptors (Lipinski definition) is 5. The van der Waals surface area contributed by atoms with Crippen LogP contribution in [0.25, 0.3) is 10.9 Å². The molecule has 0 aliphatic heterocycles. The monoisotopic (exact) mass is 506 g/mol. The number of carbonyl (C=O) groups is 3. The third-order valence-corrected chi connectivity index (χ3v) is 5.60. The maximum atomic E-state index is 13.5. The van der Waals surface area contributed by atoms with Crippen molar-refractivity contribution in [3.63, 3.8) is 0 Å². The number of benzene rings is 3. The van der Waals surface area contributed by atoms with Crippen LogP contribution in [0.5, 0.6) is 0 Å². The number of amides is 2. The van der Waals surface area contributed by atoms with Crippen LogP contribution in [0.3, 0.4) is 0 Å². The topological polar surface area (TPSA) is 115 Å². The Bertz CT molecular complexity index is 1380. The van der Waals surface area contributed by atoms with Crippen molar-refractivity contribution in [2.45, 2.75) is 20.0 Å². The Balaban J connectivity index is 0.00000361. The second kappa shape index (κ2) is 12.0. The molecular weight excluding hydrogens is 480 g/mol. The minimum atomic E-state index is -0.555. The minimum absolute atomic E-state index is 0. The van der Waals surface area contributed by atoms with Gasteiger partial charge in [0.1, 0.15) is 6.61 Å². The van der Waals surface area contributed by atoms with Crippen LogP contribution in [0.2, 0.25) is 0 Å². The van der Waals surface area contributed by atoms with Crippen LogP contribution in [0, 0.1) is 0 Å². The average Bonchev–Trinajstić information content (AvgIpc) is 3.25. The molecule has 4 aromatic rings. The number of nitrogens with zero attached hydrogens (tertiary/aromatic N) is 1. The van der Waals surface area contributed by atoms with Gasteiger partial charge in [0.05, 0.1) is 17.7 Å². The summed E-state index contributed by atoms with van der Waals surface area (Å²) in [5.74, 6) is -0.871. The fraction of sp³-hybridized carbons (Fsp3) is 0.148. The summed E-state index contributed by atoms with van der Waals surface area (Å²) in [6.45, 7) is 1.76. The third kappa shape index (κ3) is 5.91. The molecule has 8 nitrogen and oxygen atoms in total. The Hall–Kier alpha value is -4.14. The minimum Gasteiger partial charge on any atom is -0.460 e. The lowest BCUT2D eigenvalue weighted by atomic mass is 10.1. The van der Waals surface area contributed by atoms with E-state index in [0.29, 0.717) is 33.4 Å². The van der Waals surface area contributed by atoms with Gasteiger partial charge in [-0.3, -0.25) is 14.2 Å². The van der Waals surface area contributed by atoms with Crippen molar-refractivity contribution in [3.05, 3.63) is 95.7 Å². The zero-order valence-corrected chi connectivity index (χ0v) is 20.5. The highest BCUT2D eigenvalue weighted by Gasteiger charge is 2.19. The van der Waals surface area contributed by atoms with Crippen molar-refractivity contribution in [2.75, 3.05) is 17.2 Å². The first kappa shape index (κ1) is 26.5. The van der Waals surface area contributed by atoms with Gasteiger partial charge in [0.25, 0.3) is 5.91 Å². The van der Waals surface area contributed by atoms with E-state index in [1.165, 1.54) is 10.1 Å². The number of halogens is 1. The van der Waals surface area contributed by atoms with E-state index >= 15 is 0 Å². The standard InChI is InChI=1S/C27H26N4O4.ClH/c1-2-18-11-13-20(14-12-18)29-27(34)30-23-16-31(24-10-6-5-9-22(23)24)26(33)21-8-4-3-7-19(21)17-35-25(32)15-28;/h3-14,16H,2,15,17,28H2,1H3,(H2,29,30,34);1H. The number of fused-ring (bicyclic) bond motifs is 1. The summed E-state index contributed by atoms with van der Waals surface area (Å²) in [5.41, 5.74) is 9.21. The number of urea groups is 1. The molecule has 0 spiro atoms. The van der Waals surface area contributed by atoms with E-state index in [1.54, 1.807) is 36.5 Å². The molecule has 2 amide bonds. The van der Waals surface area contributed by atoms with Gasteiger partial charge in [-0.2, -0.15) is 0 Å². The zero-order valence-electron chi connectivity index (χ0n) is 19.7. The largest absolute Gasteiger partial charge is 0.460 e. The van der Waals surface area contributed by atoms with Crippen molar-refractivity contribution in [1.29, 1.82) is 0 Å². The van der Waals surface area contributed by atoms with Gasteiger partial charge >= 0.3 is 12.0 Å². The fourth-order valence-electron chi connectivity index (χ4n) is 3.76. The Morgan fingerprint density at radius 2 is 1.61 bits per heavy atom. The van der Waals surface area contributed by atoms with E-state index in [0.717, 1.165) is 6.42 Å². The summed E-state index contributed by atoms with van der Waals surface area (Å²) in [6, 6.07) is 21.4. The van der Waals surface area contributed by atoms with E-state index in [1.807, 2.05) is 42.5 Å². The molecule has 0 aliphatic carbocycles. The van der Waals surface area contributed by atoms with Crippen LogP contribution in [0.1, 0.15) is 28.4 Å². The Morgan fingerprint density at radius 1 is 0.917 bits per heavy atom. The number of esters is 1. The molecule has 36 heavy (non-hydrogen) atoms. The lowest BCUT2D eigenvalue weighted by Gasteiger charge is -2.10. The van der Waals surface area contributed by atoms with Crippen LogP contribution in [-0.4, -0.2) is 29.0 Å². The van der Waals surface area contributed by atoms with Crippen molar-refractivity contribution in [2.24, 2.45) is 5.73 Å². The van der Waals surface area contributed by atoms with Gasteiger partial charge in [0.15, 0.2) is 0 Å². The molecular formula is C27H27ClN4O4. The van der Waals surface area contributed by atoms with Crippen molar-refractivity contribution < 1.29 is 19.1 Å². The molecule has 0 saturated carbocycles. The number of hydrogen-bond donors (Lipinski definition) is 3. The summed E-state index contributed by atoms with van der Waals surface area (Å²) in [5, 5.41) is 6.37. The molecule has 9 heteroatoms. The van der Waals surface area contributed by atoms with Gasteiger partial charge in [-0.05, 0) is 36.2 Å². The van der Waals surface area contributed by atoms with Crippen molar-refractivity contribution in [1.82, 2.24) is 4.57 Å². The molecule has 186 valence electrons. The van der Waals surface area contributed by atoms with Crippen molar-refractivity contribution >= 4 is 52.6 Å². The van der Waals surface area contributed by atoms with E-state index in [-0.39, 0.29) is 31.5 Å². The number of ether oxygens (including phenoxy) is 1. The average molecular weight is 507 g/mol. The third-order valence-electron chi connectivity index (χ3n) is 5.60. The highest BCUT2D eigenvalue weighted by molar-refractivity contribution is 6.10. The smallest absolute Gasteiger partial charge is 0.323 e. The lowest BCUT2D eigenvalue weighted by molar-refractivity contribution is -0.143. The number of nitrogens with two attached hydrogens (primary N) is 1. The van der Waals surface area contributed by atoms with Crippen LogP contribution in [-0.2, 0) is 22.6 Å². The number of nitrogens with one attached hydrogen (secondary N) is 2. The SMILES string of the molecule is CCc1ccc(NC(=O)Nc2cn(C(=O)c3ccccc3COC(=O)CN)c3ccccc23)cc1.Cl. The van der Waals surface area contributed by atoms with Gasteiger partial charge in [0.2, 0.25) is 0 Å². The molecule has 3 aromatic carbocycles. The maximum absolute atomic E-state index is 13.5. The molecule has 0 radical (unpaired) electrons. The molecule has 4 N–H and O–H groups in total. The van der Waals surface area contributed by atoms with Gasteiger partial charge in [-0.25, -0.2) is 4.79 Å². The molecule has 0 atom stereocenters. The quantitative estimate of drug-likeness (QED) is 0.306. The van der Waals surface area contributed by atoms with E-state index in [2.05, 4.69) is 17.6 Å². The molecule has 0 aliphatic rings. The molecule has 1 aromatic heterocycles. The second-order valence-electron chi connectivity index (χ2n) is 7.89. The van der Waals surface area contributed by atoms with Crippen LogP contribution in [0.15, 0.2) is 79.0 Å². The van der Waals surface area contributed by atoms with E-state index < -0.39 is 12.0 Å². The lowest BCUT2D eigenvalue weighted by Crippen LogP contribution is -2.19. The first-order valence-electron chi connectivity index (χ1n) is 11.3. The van der Waals surface area contributed by atoms with Crippen LogP contribution < -0.4 is 16.4 Å². The first-order valence-corrected chi connectivity index (χ1v) is 11.3. The second-order valence-corrected chi connectivity index (χ2v) is 7.89. The van der Waals surface area contributed by atoms with Crippen LogP contribution >= 0.6 is 12.4 Å². The number of anilines is 2. The number of aryl methyl sites for hydroxylation is 1. The fourth-order valence-corrected chi connectivity index (χ4v) is 3.76. The van der Waals surface area contributed by atoms with Crippen molar-refractivity contribution in [3.8, 4) is 0 Å². The predicted molar refractivity (Wildman–Crippen MR) is 143 cm³/mol. The maximum Gasteiger partial charge on any atom is 0.323 e. The normalized spacial score (nSPS) is 10.4. The highest BCUT2D eigenvalue weighted by Crippen LogP contribution is 2.27. The summed E-state index contributed by atoms with van der Waals surface area (Å²) in [6.07, 6.45) is 2.51. The molecule has 0 bridgehead atoms. The molecule has 4 rings (SSSR count). The van der Waals surface area contributed by atoms with Gasteiger partial charge in [-0.15, -0.1) is 12.4 Å². The predicted octanol–water partition coefficient (Wildman–Crippen LogP) is 4.96. The van der Waals surface area contributed by atoms with Gasteiger partial charge < -0.3 is 21.1 Å². The molecule has 0 saturated heterocycles. The number of aromatic nitrogens is 1. The Kier molecular flexibility index (Phi) is 8.83. The molecule has 0 unspecified atom stereocenters. The van der Waals surface area contributed by atoms with Crippen LogP contribution in [0.4, 0.5) is 16.2 Å². The van der Waals surface area contributed by atoms with Gasteiger partial charge in [-0.1, -0.05) is 55.5 Å². The summed E-state index contributed by atoms with van der Waals surface area (Å²) >= 11 is 0. The highest BCUT2D eigenvalue weighted by atomic mass is 35.5. The zero-order chi connectivity index (χ0) is 24.8. The number of rotatable bonds is 7.